The van der Waals surface area contributed by atoms with Crippen LogP contribution in [0.15, 0.2) is 42.9 Å². The third kappa shape index (κ3) is 3.47. The second kappa shape index (κ2) is 7.21. The summed E-state index contributed by atoms with van der Waals surface area (Å²) < 4.78 is 45.9. The Kier molecular flexibility index (Phi) is 4.69. The number of allylic oxidation sites excluding steroid dienone is 1. The smallest absolute Gasteiger partial charge is 0.300 e. The number of aromatic amines is 1. The standard InChI is InChI=1S/C20H16F3N7/c1-11-7-12(9-25-8-11)15(24)4-6-17-26-19(28-27-17)20(22,23)14-3-5-16-13(18(14)21)10-30(2)29-16/h3-10,24H,1-2H3,(H,26,27,28)/b6-4-,24-15?. The molecule has 0 saturated carbocycles. The van der Waals surface area contributed by atoms with Crippen molar-refractivity contribution in [3.8, 4) is 0 Å². The van der Waals surface area contributed by atoms with Crippen molar-refractivity contribution in [3.05, 3.63) is 77.0 Å². The molecule has 152 valence electrons. The first kappa shape index (κ1) is 19.5. The van der Waals surface area contributed by atoms with Crippen molar-refractivity contribution < 1.29 is 13.2 Å². The zero-order chi connectivity index (χ0) is 21.5. The van der Waals surface area contributed by atoms with Gasteiger partial charge in [0.2, 0.25) is 0 Å². The fourth-order valence-electron chi connectivity index (χ4n) is 2.99. The van der Waals surface area contributed by atoms with Gasteiger partial charge in [-0.3, -0.25) is 14.8 Å². The number of fused-ring (bicyclic) bond motifs is 1. The zero-order valence-corrected chi connectivity index (χ0v) is 16.0. The van der Waals surface area contributed by atoms with Crippen molar-refractivity contribution in [1.82, 2.24) is 29.9 Å². The summed E-state index contributed by atoms with van der Waals surface area (Å²) in [5, 5.41) is 17.9. The number of aryl methyl sites for hydroxylation is 2. The van der Waals surface area contributed by atoms with Crippen molar-refractivity contribution >= 4 is 22.7 Å². The van der Waals surface area contributed by atoms with E-state index in [1.807, 2.05) is 6.92 Å². The molecule has 0 amide bonds. The molecule has 30 heavy (non-hydrogen) atoms. The Morgan fingerprint density at radius 3 is 2.83 bits per heavy atom. The van der Waals surface area contributed by atoms with Crippen LogP contribution < -0.4 is 0 Å². The molecule has 3 aromatic heterocycles. The van der Waals surface area contributed by atoms with Gasteiger partial charge in [-0.1, -0.05) is 0 Å². The monoisotopic (exact) mass is 411 g/mol. The second-order valence-electron chi connectivity index (χ2n) is 6.78. The molecule has 1 aromatic carbocycles. The normalized spacial score (nSPS) is 12.2. The van der Waals surface area contributed by atoms with Crippen LogP contribution in [0.3, 0.4) is 0 Å². The van der Waals surface area contributed by atoms with Crippen molar-refractivity contribution in [1.29, 1.82) is 5.41 Å². The van der Waals surface area contributed by atoms with Crippen LogP contribution in [-0.4, -0.2) is 35.7 Å². The Bertz CT molecular complexity index is 1290. The van der Waals surface area contributed by atoms with Gasteiger partial charge < -0.3 is 5.41 Å². The van der Waals surface area contributed by atoms with Gasteiger partial charge in [-0.25, -0.2) is 9.37 Å². The highest BCUT2D eigenvalue weighted by Gasteiger charge is 2.41. The molecule has 0 radical (unpaired) electrons. The maximum atomic E-state index is 14.9. The molecule has 0 aliphatic carbocycles. The lowest BCUT2D eigenvalue weighted by atomic mass is 10.0. The van der Waals surface area contributed by atoms with Gasteiger partial charge in [0.25, 0.3) is 0 Å². The number of benzene rings is 1. The maximum Gasteiger partial charge on any atom is 0.334 e. The van der Waals surface area contributed by atoms with E-state index in [9.17, 15) is 13.2 Å². The number of hydrogen-bond acceptors (Lipinski definition) is 5. The van der Waals surface area contributed by atoms with Crippen molar-refractivity contribution in [2.75, 3.05) is 0 Å². The number of nitrogens with one attached hydrogen (secondary N) is 2. The quantitative estimate of drug-likeness (QED) is 0.489. The molecule has 0 spiro atoms. The van der Waals surface area contributed by atoms with Gasteiger partial charge in [0, 0.05) is 31.2 Å². The molecule has 7 nitrogen and oxygen atoms in total. The molecular formula is C20H16F3N7. The number of pyridine rings is 1. The van der Waals surface area contributed by atoms with E-state index in [1.54, 1.807) is 19.3 Å². The van der Waals surface area contributed by atoms with Gasteiger partial charge in [0.1, 0.15) is 5.82 Å². The Labute approximate surface area is 168 Å². The highest BCUT2D eigenvalue weighted by Crippen LogP contribution is 2.37. The fourth-order valence-corrected chi connectivity index (χ4v) is 2.99. The average molecular weight is 411 g/mol. The third-order valence-corrected chi connectivity index (χ3v) is 4.46. The van der Waals surface area contributed by atoms with Crippen LogP contribution >= 0.6 is 0 Å². The summed E-state index contributed by atoms with van der Waals surface area (Å²) in [6, 6.07) is 4.09. The number of H-pyrrole nitrogens is 1. The summed E-state index contributed by atoms with van der Waals surface area (Å²) in [7, 11) is 1.58. The van der Waals surface area contributed by atoms with Crippen LogP contribution in [0.1, 0.15) is 28.3 Å². The minimum absolute atomic E-state index is 0.00507. The second-order valence-corrected chi connectivity index (χ2v) is 6.78. The molecule has 0 aliphatic rings. The topological polar surface area (TPSA) is 96.1 Å². The van der Waals surface area contributed by atoms with Gasteiger partial charge >= 0.3 is 5.92 Å². The van der Waals surface area contributed by atoms with E-state index in [0.29, 0.717) is 5.56 Å². The van der Waals surface area contributed by atoms with E-state index in [2.05, 4.69) is 25.3 Å². The first-order chi connectivity index (χ1) is 14.3. The van der Waals surface area contributed by atoms with E-state index in [1.165, 1.54) is 35.3 Å². The molecule has 0 unspecified atom stereocenters. The summed E-state index contributed by atoms with van der Waals surface area (Å²) >= 11 is 0. The number of nitrogens with zero attached hydrogens (tertiary/aromatic N) is 5. The molecule has 4 aromatic rings. The maximum absolute atomic E-state index is 14.9. The lowest BCUT2D eigenvalue weighted by Gasteiger charge is -2.14. The molecule has 10 heteroatoms. The molecule has 0 aliphatic heterocycles. The summed E-state index contributed by atoms with van der Waals surface area (Å²) in [5.41, 5.74) is 1.03. The van der Waals surface area contributed by atoms with Crippen LogP contribution in [0, 0.1) is 18.2 Å². The predicted molar refractivity (Wildman–Crippen MR) is 105 cm³/mol. The van der Waals surface area contributed by atoms with E-state index in [-0.39, 0.29) is 22.4 Å². The van der Waals surface area contributed by atoms with E-state index in [0.717, 1.165) is 11.6 Å². The molecule has 0 bridgehead atoms. The van der Waals surface area contributed by atoms with Crippen molar-refractivity contribution in [2.24, 2.45) is 7.05 Å². The van der Waals surface area contributed by atoms with Crippen LogP contribution in [-0.2, 0) is 13.0 Å². The first-order valence-electron chi connectivity index (χ1n) is 8.87. The summed E-state index contributed by atoms with van der Waals surface area (Å²) in [5.74, 6) is -5.65. The molecule has 2 N–H and O–H groups in total. The fraction of sp³-hybridized carbons (Fsp3) is 0.150. The van der Waals surface area contributed by atoms with Gasteiger partial charge in [0.15, 0.2) is 11.6 Å². The SMILES string of the molecule is Cc1cncc(C(=N)/C=C\c2n[nH]c(C(F)(F)c3ccc4nn(C)cc4c3F)n2)c1. The Morgan fingerprint density at radius 1 is 1.27 bits per heavy atom. The van der Waals surface area contributed by atoms with Crippen molar-refractivity contribution in [3.63, 3.8) is 0 Å². The molecule has 0 fully saturated rings. The highest BCUT2D eigenvalue weighted by atomic mass is 19.3. The zero-order valence-electron chi connectivity index (χ0n) is 16.0. The van der Waals surface area contributed by atoms with E-state index < -0.39 is 23.1 Å². The van der Waals surface area contributed by atoms with Crippen LogP contribution in [0.25, 0.3) is 17.0 Å². The number of aromatic nitrogens is 6. The molecule has 3 heterocycles. The van der Waals surface area contributed by atoms with E-state index >= 15 is 0 Å². The van der Waals surface area contributed by atoms with Crippen molar-refractivity contribution in [2.45, 2.75) is 12.8 Å². The third-order valence-electron chi connectivity index (χ3n) is 4.46. The minimum atomic E-state index is -3.73. The van der Waals surface area contributed by atoms with Crippen LogP contribution in [0.2, 0.25) is 0 Å². The van der Waals surface area contributed by atoms with Crippen LogP contribution in [0.4, 0.5) is 13.2 Å². The van der Waals surface area contributed by atoms with Gasteiger partial charge in [-0.15, -0.1) is 0 Å². The number of hydrogen-bond donors (Lipinski definition) is 2. The lowest BCUT2D eigenvalue weighted by molar-refractivity contribution is 0.0297. The number of halogens is 3. The average Bonchev–Trinajstić information content (AvgIpc) is 3.33. The van der Waals surface area contributed by atoms with Gasteiger partial charge in [-0.05, 0) is 42.8 Å². The molecule has 4 rings (SSSR count). The summed E-state index contributed by atoms with van der Waals surface area (Å²) in [4.78, 5) is 7.77. The largest absolute Gasteiger partial charge is 0.334 e. The molecule has 0 atom stereocenters. The Hall–Kier alpha value is -3.82. The molecular weight excluding hydrogens is 395 g/mol. The number of alkyl halides is 2. The lowest BCUT2D eigenvalue weighted by Crippen LogP contribution is -2.19. The summed E-state index contributed by atoms with van der Waals surface area (Å²) in [6.07, 6.45) is 7.22. The van der Waals surface area contributed by atoms with Crippen LogP contribution in [0.5, 0.6) is 0 Å². The first-order valence-corrected chi connectivity index (χ1v) is 8.87. The van der Waals surface area contributed by atoms with Gasteiger partial charge in [-0.2, -0.15) is 19.0 Å². The predicted octanol–water partition coefficient (Wildman–Crippen LogP) is 3.76. The number of rotatable bonds is 5. The molecule has 0 saturated heterocycles. The Balaban J connectivity index is 1.61. The van der Waals surface area contributed by atoms with E-state index in [4.69, 9.17) is 5.41 Å². The highest BCUT2D eigenvalue weighted by molar-refractivity contribution is 6.08. The van der Waals surface area contributed by atoms with Gasteiger partial charge in [0.05, 0.1) is 22.2 Å². The summed E-state index contributed by atoms with van der Waals surface area (Å²) in [6.45, 7) is 1.85. The minimum Gasteiger partial charge on any atom is -0.300 e. The Morgan fingerprint density at radius 2 is 2.07 bits per heavy atom.